The van der Waals surface area contributed by atoms with Crippen LogP contribution in [0.15, 0.2) is 27.4 Å². The smallest absolute Gasteiger partial charge is 0.288 e. The minimum Gasteiger partial charge on any atom is -0.493 e. The van der Waals surface area contributed by atoms with Crippen LogP contribution in [0.4, 0.5) is 0 Å². The Kier molecular flexibility index (Phi) is 3.64. The summed E-state index contributed by atoms with van der Waals surface area (Å²) < 4.78 is 21.3. The molecule has 2 aromatic rings. The zero-order chi connectivity index (χ0) is 14.0. The topological polar surface area (TPSA) is 57.9 Å². The van der Waals surface area contributed by atoms with Crippen molar-refractivity contribution in [3.63, 3.8) is 0 Å². The quantitative estimate of drug-likeness (QED) is 0.849. The predicted octanol–water partition coefficient (Wildman–Crippen LogP) is 2.60. The van der Waals surface area contributed by atoms with E-state index in [0.717, 1.165) is 0 Å². The molecular weight excluding hydrogens is 248 g/mol. The van der Waals surface area contributed by atoms with Crippen molar-refractivity contribution in [2.45, 2.75) is 20.0 Å². The Bertz CT molecular complexity index is 642. The molecule has 1 aromatic carbocycles. The lowest BCUT2D eigenvalue weighted by Gasteiger charge is -2.11. The highest BCUT2D eigenvalue weighted by Crippen LogP contribution is 2.34. The van der Waals surface area contributed by atoms with Crippen molar-refractivity contribution < 1.29 is 18.6 Å². The molecule has 0 N–H and O–H groups in total. The molecule has 0 atom stereocenters. The van der Waals surface area contributed by atoms with Crippen molar-refractivity contribution in [2.24, 2.45) is 0 Å². The average Bonchev–Trinajstić information content (AvgIpc) is 2.36. The largest absolute Gasteiger partial charge is 0.493 e. The summed E-state index contributed by atoms with van der Waals surface area (Å²) in [6.07, 6.45) is -0.0688. The van der Waals surface area contributed by atoms with E-state index in [1.54, 1.807) is 12.1 Å². The van der Waals surface area contributed by atoms with Crippen molar-refractivity contribution in [2.75, 3.05) is 14.2 Å². The van der Waals surface area contributed by atoms with E-state index in [9.17, 15) is 4.79 Å². The lowest BCUT2D eigenvalue weighted by Crippen LogP contribution is -2.09. The van der Waals surface area contributed by atoms with Crippen LogP contribution >= 0.6 is 0 Å². The molecular formula is C14H16O5. The molecule has 0 unspecified atom stereocenters. The number of ether oxygens (including phenoxy) is 3. The number of benzene rings is 1. The lowest BCUT2D eigenvalue weighted by atomic mass is 10.2. The maximum absolute atomic E-state index is 12.2. The third kappa shape index (κ3) is 2.50. The third-order valence-electron chi connectivity index (χ3n) is 2.57. The molecule has 0 bridgehead atoms. The number of hydrogen-bond donors (Lipinski definition) is 0. The number of fused-ring (bicyclic) bond motifs is 1. The van der Waals surface area contributed by atoms with E-state index in [1.807, 2.05) is 13.8 Å². The van der Waals surface area contributed by atoms with Gasteiger partial charge in [-0.15, -0.1) is 0 Å². The molecule has 5 nitrogen and oxygen atoms in total. The van der Waals surface area contributed by atoms with Crippen LogP contribution in [0.5, 0.6) is 17.4 Å². The van der Waals surface area contributed by atoms with Crippen LogP contribution in [0.1, 0.15) is 13.8 Å². The van der Waals surface area contributed by atoms with Gasteiger partial charge in [0.1, 0.15) is 11.0 Å². The molecule has 0 saturated carbocycles. The molecule has 102 valence electrons. The van der Waals surface area contributed by atoms with Crippen molar-refractivity contribution >= 4 is 11.0 Å². The summed E-state index contributed by atoms with van der Waals surface area (Å²) in [7, 11) is 3.00. The molecule has 0 spiro atoms. The van der Waals surface area contributed by atoms with E-state index >= 15 is 0 Å². The zero-order valence-electron chi connectivity index (χ0n) is 11.4. The minimum absolute atomic E-state index is 0.0688. The summed E-state index contributed by atoms with van der Waals surface area (Å²) in [5.41, 5.74) is 0.174. The lowest BCUT2D eigenvalue weighted by molar-refractivity contribution is 0.188. The summed E-state index contributed by atoms with van der Waals surface area (Å²) in [4.78, 5) is 12.2. The Hall–Kier alpha value is -2.17. The molecule has 0 fully saturated rings. The standard InChI is InChI=1S/C14H16O5/c1-8(2)18-12-7-9(15)13-10(19-12)5-6-11(16-3)14(13)17-4/h5-8H,1-4H3. The summed E-state index contributed by atoms with van der Waals surface area (Å²) in [5, 5.41) is 0.345. The van der Waals surface area contributed by atoms with E-state index in [1.165, 1.54) is 20.3 Å². The van der Waals surface area contributed by atoms with Crippen molar-refractivity contribution in [1.82, 2.24) is 0 Å². The van der Waals surface area contributed by atoms with Gasteiger partial charge in [-0.25, -0.2) is 0 Å². The first-order chi connectivity index (χ1) is 9.06. The van der Waals surface area contributed by atoms with Crippen LogP contribution < -0.4 is 19.6 Å². The molecule has 2 rings (SSSR count). The molecule has 5 heteroatoms. The Morgan fingerprint density at radius 2 is 1.89 bits per heavy atom. The molecule has 0 amide bonds. The average molecular weight is 264 g/mol. The number of rotatable bonds is 4. The van der Waals surface area contributed by atoms with Crippen LogP contribution in [-0.4, -0.2) is 20.3 Å². The van der Waals surface area contributed by atoms with Crippen LogP contribution in [0.2, 0.25) is 0 Å². The van der Waals surface area contributed by atoms with Gasteiger partial charge in [-0.2, -0.15) is 0 Å². The van der Waals surface area contributed by atoms with Gasteiger partial charge >= 0.3 is 0 Å². The van der Waals surface area contributed by atoms with Gasteiger partial charge in [-0.3, -0.25) is 4.79 Å². The second-order valence-corrected chi connectivity index (χ2v) is 4.27. The van der Waals surface area contributed by atoms with E-state index in [-0.39, 0.29) is 17.5 Å². The first kappa shape index (κ1) is 13.3. The zero-order valence-corrected chi connectivity index (χ0v) is 11.4. The number of hydrogen-bond acceptors (Lipinski definition) is 5. The van der Waals surface area contributed by atoms with Gasteiger partial charge in [-0.05, 0) is 26.0 Å². The Morgan fingerprint density at radius 3 is 2.47 bits per heavy atom. The Balaban J connectivity index is 2.68. The fourth-order valence-electron chi connectivity index (χ4n) is 1.83. The summed E-state index contributed by atoms with van der Waals surface area (Å²) in [6, 6.07) is 4.65. The van der Waals surface area contributed by atoms with Gasteiger partial charge in [0.05, 0.1) is 26.4 Å². The van der Waals surface area contributed by atoms with Crippen LogP contribution in [0.25, 0.3) is 11.0 Å². The van der Waals surface area contributed by atoms with Crippen LogP contribution in [0, 0.1) is 0 Å². The summed E-state index contributed by atoms with van der Waals surface area (Å²) >= 11 is 0. The Morgan fingerprint density at radius 1 is 1.16 bits per heavy atom. The molecule has 1 heterocycles. The van der Waals surface area contributed by atoms with Gasteiger partial charge in [0.2, 0.25) is 5.43 Å². The maximum atomic E-state index is 12.2. The molecule has 0 aliphatic rings. The van der Waals surface area contributed by atoms with Crippen LogP contribution in [-0.2, 0) is 0 Å². The van der Waals surface area contributed by atoms with Crippen molar-refractivity contribution in [3.8, 4) is 17.4 Å². The fourth-order valence-corrected chi connectivity index (χ4v) is 1.83. The minimum atomic E-state index is -0.229. The van der Waals surface area contributed by atoms with Gasteiger partial charge in [-0.1, -0.05) is 0 Å². The SMILES string of the molecule is COc1ccc2oc(OC(C)C)cc(=O)c2c1OC. The van der Waals surface area contributed by atoms with E-state index in [0.29, 0.717) is 22.5 Å². The highest BCUT2D eigenvalue weighted by Gasteiger charge is 2.15. The maximum Gasteiger partial charge on any atom is 0.288 e. The highest BCUT2D eigenvalue weighted by molar-refractivity contribution is 5.86. The Labute approximate surface area is 110 Å². The molecule has 0 saturated heterocycles. The predicted molar refractivity (Wildman–Crippen MR) is 71.4 cm³/mol. The molecule has 1 aromatic heterocycles. The van der Waals surface area contributed by atoms with E-state index in [4.69, 9.17) is 18.6 Å². The van der Waals surface area contributed by atoms with Crippen LogP contribution in [0.3, 0.4) is 0 Å². The monoisotopic (exact) mass is 264 g/mol. The van der Waals surface area contributed by atoms with E-state index in [2.05, 4.69) is 0 Å². The van der Waals surface area contributed by atoms with Crippen molar-refractivity contribution in [3.05, 3.63) is 28.4 Å². The van der Waals surface area contributed by atoms with Crippen molar-refractivity contribution in [1.29, 1.82) is 0 Å². The van der Waals surface area contributed by atoms with Gasteiger partial charge in [0.15, 0.2) is 11.5 Å². The molecule has 0 aliphatic heterocycles. The fraction of sp³-hybridized carbons (Fsp3) is 0.357. The molecule has 0 radical (unpaired) electrons. The second kappa shape index (κ2) is 5.22. The van der Waals surface area contributed by atoms with Gasteiger partial charge in [0.25, 0.3) is 5.95 Å². The number of methoxy groups -OCH3 is 2. The summed E-state index contributed by atoms with van der Waals surface area (Å²) in [6.45, 7) is 3.72. The second-order valence-electron chi connectivity index (χ2n) is 4.27. The van der Waals surface area contributed by atoms with Gasteiger partial charge < -0.3 is 18.6 Å². The normalized spacial score (nSPS) is 10.8. The third-order valence-corrected chi connectivity index (χ3v) is 2.57. The molecule has 0 aliphatic carbocycles. The first-order valence-corrected chi connectivity index (χ1v) is 5.92. The summed E-state index contributed by atoms with van der Waals surface area (Å²) in [5.74, 6) is 1.05. The van der Waals surface area contributed by atoms with Gasteiger partial charge in [0, 0.05) is 0 Å². The first-order valence-electron chi connectivity index (χ1n) is 5.92. The van der Waals surface area contributed by atoms with E-state index < -0.39 is 0 Å². The highest BCUT2D eigenvalue weighted by atomic mass is 16.6. The molecule has 19 heavy (non-hydrogen) atoms.